The van der Waals surface area contributed by atoms with E-state index in [0.29, 0.717) is 12.0 Å². The van der Waals surface area contributed by atoms with Crippen molar-refractivity contribution in [3.05, 3.63) is 40.4 Å². The normalized spacial score (nSPS) is 13.2. The maximum atomic E-state index is 4.40. The highest BCUT2D eigenvalue weighted by Crippen LogP contribution is 2.22. The van der Waals surface area contributed by atoms with E-state index in [4.69, 9.17) is 0 Å². The molecule has 0 aliphatic carbocycles. The Kier molecular flexibility index (Phi) is 4.61. The minimum atomic E-state index is 0.310. The van der Waals surface area contributed by atoms with Crippen molar-refractivity contribution in [3.63, 3.8) is 0 Å². The minimum absolute atomic E-state index is 0.310. The predicted octanol–water partition coefficient (Wildman–Crippen LogP) is 3.25. The highest BCUT2D eigenvalue weighted by molar-refractivity contribution is 7.09. The van der Waals surface area contributed by atoms with Crippen LogP contribution in [0.5, 0.6) is 0 Å². The molecule has 5 heteroatoms. The van der Waals surface area contributed by atoms with Gasteiger partial charge in [0, 0.05) is 42.0 Å². The predicted molar refractivity (Wildman–Crippen MR) is 78.1 cm³/mol. The lowest BCUT2D eigenvalue weighted by Gasteiger charge is -2.22. The van der Waals surface area contributed by atoms with Crippen molar-refractivity contribution in [1.29, 1.82) is 0 Å². The van der Waals surface area contributed by atoms with E-state index >= 15 is 0 Å². The van der Waals surface area contributed by atoms with Gasteiger partial charge in [0.2, 0.25) is 0 Å². The summed E-state index contributed by atoms with van der Waals surface area (Å²) in [5, 5.41) is 3.16. The van der Waals surface area contributed by atoms with E-state index in [9.17, 15) is 0 Å². The van der Waals surface area contributed by atoms with E-state index in [-0.39, 0.29) is 0 Å². The third-order valence-electron chi connectivity index (χ3n) is 3.14. The zero-order chi connectivity index (χ0) is 13.8. The lowest BCUT2D eigenvalue weighted by molar-refractivity contribution is 0.252. The SMILES string of the molecule is CC(C)c1ncc(CN(C)[C@@H](C)c2nccs2)cn1. The standard InChI is InChI=1S/C14H20N4S/c1-10(2)13-16-7-12(8-17-13)9-18(4)11(3)14-15-5-6-19-14/h5-8,10-11H,9H2,1-4H3/t11-/m0/s1. The van der Waals surface area contributed by atoms with Crippen LogP contribution in [0.2, 0.25) is 0 Å². The molecule has 102 valence electrons. The second kappa shape index (κ2) is 6.21. The number of rotatable bonds is 5. The van der Waals surface area contributed by atoms with Crippen molar-refractivity contribution >= 4 is 11.3 Å². The monoisotopic (exact) mass is 276 g/mol. The fraction of sp³-hybridized carbons (Fsp3) is 0.500. The van der Waals surface area contributed by atoms with Gasteiger partial charge in [-0.05, 0) is 14.0 Å². The largest absolute Gasteiger partial charge is 0.293 e. The van der Waals surface area contributed by atoms with Gasteiger partial charge in [-0.25, -0.2) is 15.0 Å². The van der Waals surface area contributed by atoms with Crippen molar-refractivity contribution in [2.45, 2.75) is 39.3 Å². The average molecular weight is 276 g/mol. The Balaban J connectivity index is 2.00. The molecule has 0 fully saturated rings. The maximum absolute atomic E-state index is 4.40. The molecule has 19 heavy (non-hydrogen) atoms. The van der Waals surface area contributed by atoms with Gasteiger partial charge in [-0.3, -0.25) is 4.90 Å². The van der Waals surface area contributed by atoms with E-state index in [0.717, 1.165) is 22.9 Å². The molecular formula is C14H20N4S. The summed E-state index contributed by atoms with van der Waals surface area (Å²) < 4.78 is 0. The highest BCUT2D eigenvalue weighted by Gasteiger charge is 2.14. The molecular weight excluding hydrogens is 256 g/mol. The Bertz CT molecular complexity index is 493. The molecule has 2 heterocycles. The lowest BCUT2D eigenvalue weighted by Crippen LogP contribution is -2.22. The number of hydrogen-bond donors (Lipinski definition) is 0. The van der Waals surface area contributed by atoms with E-state index in [1.165, 1.54) is 0 Å². The molecule has 2 rings (SSSR count). The molecule has 0 unspecified atom stereocenters. The maximum Gasteiger partial charge on any atom is 0.130 e. The van der Waals surface area contributed by atoms with Gasteiger partial charge in [0.25, 0.3) is 0 Å². The van der Waals surface area contributed by atoms with E-state index in [1.54, 1.807) is 11.3 Å². The van der Waals surface area contributed by atoms with Crippen LogP contribution in [0.4, 0.5) is 0 Å². The van der Waals surface area contributed by atoms with Gasteiger partial charge in [-0.2, -0.15) is 0 Å². The first-order chi connectivity index (χ1) is 9.08. The smallest absolute Gasteiger partial charge is 0.130 e. The Hall–Kier alpha value is -1.33. The Morgan fingerprint density at radius 2 is 1.84 bits per heavy atom. The summed E-state index contributed by atoms with van der Waals surface area (Å²) in [5.74, 6) is 1.28. The number of thiazole rings is 1. The number of nitrogens with zero attached hydrogens (tertiary/aromatic N) is 4. The second-order valence-corrected chi connectivity index (χ2v) is 5.99. The van der Waals surface area contributed by atoms with Gasteiger partial charge in [-0.15, -0.1) is 11.3 Å². The van der Waals surface area contributed by atoms with Gasteiger partial charge < -0.3 is 0 Å². The van der Waals surface area contributed by atoms with Crippen LogP contribution in [0.1, 0.15) is 49.1 Å². The Morgan fingerprint density at radius 3 is 2.37 bits per heavy atom. The molecule has 2 aromatic heterocycles. The van der Waals surface area contributed by atoms with Crippen LogP contribution in [-0.4, -0.2) is 26.9 Å². The van der Waals surface area contributed by atoms with E-state index in [1.807, 2.05) is 24.0 Å². The molecule has 0 aromatic carbocycles. The first kappa shape index (κ1) is 14.1. The van der Waals surface area contributed by atoms with Crippen LogP contribution >= 0.6 is 11.3 Å². The fourth-order valence-electron chi connectivity index (χ4n) is 1.80. The summed E-state index contributed by atoms with van der Waals surface area (Å²) in [6.07, 6.45) is 5.70. The van der Waals surface area contributed by atoms with Crippen LogP contribution in [-0.2, 0) is 6.54 Å². The minimum Gasteiger partial charge on any atom is -0.293 e. The number of hydrogen-bond acceptors (Lipinski definition) is 5. The molecule has 0 aliphatic rings. The lowest BCUT2D eigenvalue weighted by atomic mass is 10.2. The molecule has 0 bridgehead atoms. The van der Waals surface area contributed by atoms with Crippen LogP contribution in [0.15, 0.2) is 24.0 Å². The molecule has 0 N–H and O–H groups in total. The summed E-state index contributed by atoms with van der Waals surface area (Å²) in [5.41, 5.74) is 1.13. The summed E-state index contributed by atoms with van der Waals surface area (Å²) in [6.45, 7) is 7.21. The quantitative estimate of drug-likeness (QED) is 0.840. The van der Waals surface area contributed by atoms with Gasteiger partial charge >= 0.3 is 0 Å². The van der Waals surface area contributed by atoms with Crippen molar-refractivity contribution in [2.75, 3.05) is 7.05 Å². The third-order valence-corrected chi connectivity index (χ3v) is 4.09. The van der Waals surface area contributed by atoms with Crippen molar-refractivity contribution in [2.24, 2.45) is 0 Å². The van der Waals surface area contributed by atoms with E-state index < -0.39 is 0 Å². The Labute approximate surface area is 118 Å². The van der Waals surface area contributed by atoms with Crippen LogP contribution in [0.25, 0.3) is 0 Å². The highest BCUT2D eigenvalue weighted by atomic mass is 32.1. The van der Waals surface area contributed by atoms with Crippen LogP contribution in [0.3, 0.4) is 0 Å². The molecule has 1 atom stereocenters. The fourth-order valence-corrected chi connectivity index (χ4v) is 2.56. The Morgan fingerprint density at radius 1 is 1.16 bits per heavy atom. The summed E-state index contributed by atoms with van der Waals surface area (Å²) in [4.78, 5) is 15.4. The van der Waals surface area contributed by atoms with Crippen molar-refractivity contribution in [3.8, 4) is 0 Å². The molecule has 0 amide bonds. The van der Waals surface area contributed by atoms with Crippen LogP contribution < -0.4 is 0 Å². The van der Waals surface area contributed by atoms with Gasteiger partial charge in [0.15, 0.2) is 0 Å². The second-order valence-electron chi connectivity index (χ2n) is 5.07. The third kappa shape index (κ3) is 3.58. The topological polar surface area (TPSA) is 41.9 Å². The molecule has 0 spiro atoms. The van der Waals surface area contributed by atoms with Crippen molar-refractivity contribution in [1.82, 2.24) is 19.9 Å². The zero-order valence-electron chi connectivity index (χ0n) is 11.9. The van der Waals surface area contributed by atoms with Gasteiger partial charge in [0.1, 0.15) is 10.8 Å². The molecule has 2 aromatic rings. The van der Waals surface area contributed by atoms with Crippen LogP contribution in [0, 0.1) is 0 Å². The first-order valence-corrected chi connectivity index (χ1v) is 7.36. The summed E-state index contributed by atoms with van der Waals surface area (Å²) >= 11 is 1.69. The zero-order valence-corrected chi connectivity index (χ0v) is 12.7. The van der Waals surface area contributed by atoms with Gasteiger partial charge in [0.05, 0.1) is 6.04 Å². The molecule has 4 nitrogen and oxygen atoms in total. The first-order valence-electron chi connectivity index (χ1n) is 6.48. The summed E-state index contributed by atoms with van der Waals surface area (Å²) in [6, 6.07) is 0.310. The molecule has 0 saturated heterocycles. The molecule has 0 aliphatic heterocycles. The number of aromatic nitrogens is 3. The average Bonchev–Trinajstić information content (AvgIpc) is 2.92. The molecule has 0 radical (unpaired) electrons. The van der Waals surface area contributed by atoms with E-state index in [2.05, 4.69) is 47.7 Å². The van der Waals surface area contributed by atoms with Gasteiger partial charge in [-0.1, -0.05) is 13.8 Å². The summed E-state index contributed by atoms with van der Waals surface area (Å²) in [7, 11) is 2.10. The van der Waals surface area contributed by atoms with Crippen molar-refractivity contribution < 1.29 is 0 Å². The molecule has 0 saturated carbocycles.